The molecule has 0 saturated heterocycles. The van der Waals surface area contributed by atoms with Crippen LogP contribution in [0.2, 0.25) is 20.1 Å². The fourth-order valence-electron chi connectivity index (χ4n) is 7.02. The van der Waals surface area contributed by atoms with Crippen molar-refractivity contribution in [2.75, 3.05) is 14.2 Å². The van der Waals surface area contributed by atoms with Crippen molar-refractivity contribution < 1.29 is 55.6 Å². The van der Waals surface area contributed by atoms with Gasteiger partial charge in [-0.05, 0) is 72.8 Å². The van der Waals surface area contributed by atoms with Crippen LogP contribution in [0.15, 0.2) is 107 Å². The molecule has 0 aliphatic heterocycles. The molecule has 20 nitrogen and oxygen atoms in total. The van der Waals surface area contributed by atoms with Gasteiger partial charge in [-0.1, -0.05) is 70.7 Å². The zero-order valence-electron chi connectivity index (χ0n) is 39.1. The lowest BCUT2D eigenvalue weighted by molar-refractivity contribution is -0.207. The predicted molar refractivity (Wildman–Crippen MR) is 261 cm³/mol. The SMILES string of the molecule is COC(=O)Cn1nc(-c2ccccc2Cl)nc1Cn1nc(-c2ccc(Cl)cc2)n(C[C@H](O)C(F)(F)F)c1=O.COC(=O)Cn1nc(Cn2nc(-c3ccc(Cl)cc3)n(C[C@H](O)C(F)(F)F)c2=O)nc1-c1ccccc1Cl. The molecule has 0 radical (unpaired) electrons. The summed E-state index contributed by atoms with van der Waals surface area (Å²) in [4.78, 5) is 59.1. The molecule has 0 aliphatic carbocycles. The Balaban J connectivity index is 0.000000221. The van der Waals surface area contributed by atoms with Crippen molar-refractivity contribution in [1.29, 1.82) is 0 Å². The van der Waals surface area contributed by atoms with Gasteiger partial charge in [0.2, 0.25) is 0 Å². The molecule has 8 rings (SSSR count). The van der Waals surface area contributed by atoms with Gasteiger partial charge in [0.15, 0.2) is 41.3 Å². The first-order chi connectivity index (χ1) is 35.9. The van der Waals surface area contributed by atoms with E-state index in [0.717, 1.165) is 9.36 Å². The van der Waals surface area contributed by atoms with Gasteiger partial charge in [0.1, 0.15) is 32.0 Å². The number of carbonyl (C=O) groups excluding carboxylic acids is 2. The predicted octanol–water partition coefficient (Wildman–Crippen LogP) is 6.84. The van der Waals surface area contributed by atoms with Crippen molar-refractivity contribution in [3.05, 3.63) is 150 Å². The van der Waals surface area contributed by atoms with Crippen LogP contribution in [0.3, 0.4) is 0 Å². The summed E-state index contributed by atoms with van der Waals surface area (Å²) in [5.41, 5.74) is -0.420. The molecule has 0 unspecified atom stereocenters. The van der Waals surface area contributed by atoms with E-state index in [1.54, 1.807) is 48.5 Å². The Morgan fingerprint density at radius 2 is 0.987 bits per heavy atom. The number of esters is 2. The van der Waals surface area contributed by atoms with E-state index in [4.69, 9.17) is 55.9 Å². The summed E-state index contributed by atoms with van der Waals surface area (Å²) in [6.07, 6.45) is -15.6. The Morgan fingerprint density at radius 1 is 0.553 bits per heavy atom. The molecule has 0 bridgehead atoms. The van der Waals surface area contributed by atoms with Gasteiger partial charge in [-0.15, -0.1) is 10.2 Å². The highest BCUT2D eigenvalue weighted by Gasteiger charge is 2.40. The molecule has 2 atom stereocenters. The van der Waals surface area contributed by atoms with E-state index in [9.17, 15) is 55.7 Å². The van der Waals surface area contributed by atoms with E-state index in [0.29, 0.717) is 45.9 Å². The van der Waals surface area contributed by atoms with Gasteiger partial charge < -0.3 is 19.7 Å². The maximum atomic E-state index is 13.2. The molecule has 4 heterocycles. The summed E-state index contributed by atoms with van der Waals surface area (Å²) in [6, 6.07) is 25.2. The average Bonchev–Trinajstić information content (AvgIpc) is 4.13. The van der Waals surface area contributed by atoms with Crippen LogP contribution < -0.4 is 11.4 Å². The van der Waals surface area contributed by atoms with Crippen LogP contribution in [0.4, 0.5) is 26.3 Å². The van der Waals surface area contributed by atoms with Crippen molar-refractivity contribution >= 4 is 58.3 Å². The molecule has 30 heteroatoms. The summed E-state index contributed by atoms with van der Waals surface area (Å²) >= 11 is 24.4. The summed E-state index contributed by atoms with van der Waals surface area (Å²) in [7, 11) is 2.39. The van der Waals surface area contributed by atoms with Crippen molar-refractivity contribution in [2.45, 2.75) is 63.8 Å². The molecule has 2 N–H and O–H groups in total. The second-order valence-corrected chi connectivity index (χ2v) is 17.7. The fourth-order valence-corrected chi connectivity index (χ4v) is 7.71. The number of methoxy groups -OCH3 is 2. The standard InChI is InChI=1S/2C23H19Cl2F3N6O4/c1-38-19(36)12-33-18(29-20(30-33)15-4-2-3-5-16(15)25)11-34-22(37)32(10-17(35)23(26,27)28)21(31-34)13-6-8-14(24)9-7-13;1-38-19(36)12-33-21(15-4-2-3-5-16(15)25)29-18(30-33)11-34-22(37)32(10-17(35)23(26,27)28)20(31-34)13-6-8-14(24)9-7-13/h2*2-9,17,35H,10-12H2,1H3/t2*17-/m00/s1. The molecule has 76 heavy (non-hydrogen) atoms. The van der Waals surface area contributed by atoms with Crippen LogP contribution in [-0.2, 0) is 58.3 Å². The summed E-state index contributed by atoms with van der Waals surface area (Å²) in [5, 5.41) is 37.7. The lowest BCUT2D eigenvalue weighted by Crippen LogP contribution is -2.37. The number of hydrogen-bond acceptors (Lipinski definition) is 14. The number of benzene rings is 4. The molecule has 4 aromatic heterocycles. The average molecular weight is 1140 g/mol. The highest BCUT2D eigenvalue weighted by molar-refractivity contribution is 6.33. The van der Waals surface area contributed by atoms with Gasteiger partial charge in [-0.2, -0.15) is 36.5 Å². The smallest absolute Gasteiger partial charge is 0.416 e. The minimum atomic E-state index is -4.97. The summed E-state index contributed by atoms with van der Waals surface area (Å²) < 4.78 is 93.6. The van der Waals surface area contributed by atoms with E-state index in [1.165, 1.54) is 72.1 Å². The van der Waals surface area contributed by atoms with Gasteiger partial charge in [-0.25, -0.2) is 38.3 Å². The number of nitrogens with zero attached hydrogens (tertiary/aromatic N) is 12. The Morgan fingerprint density at radius 3 is 1.43 bits per heavy atom. The van der Waals surface area contributed by atoms with Crippen LogP contribution in [0.25, 0.3) is 45.6 Å². The van der Waals surface area contributed by atoms with Gasteiger partial charge in [0.25, 0.3) is 0 Å². The molecular formula is C46H38Cl4F6N12O8. The third-order valence-electron chi connectivity index (χ3n) is 10.8. The first-order valence-corrected chi connectivity index (χ1v) is 23.3. The molecule has 8 aromatic rings. The van der Waals surface area contributed by atoms with Crippen LogP contribution in [-0.4, -0.2) is 119 Å². The first kappa shape index (κ1) is 56.4. The van der Waals surface area contributed by atoms with Crippen LogP contribution in [0.5, 0.6) is 0 Å². The van der Waals surface area contributed by atoms with E-state index in [1.807, 2.05) is 0 Å². The quantitative estimate of drug-likeness (QED) is 0.0745. The van der Waals surface area contributed by atoms with E-state index in [-0.39, 0.29) is 66.7 Å². The lowest BCUT2D eigenvalue weighted by Gasteiger charge is -2.15. The zero-order chi connectivity index (χ0) is 55.2. The second kappa shape index (κ2) is 23.7. The van der Waals surface area contributed by atoms with Crippen LogP contribution >= 0.6 is 46.4 Å². The number of ether oxygens (including phenoxy) is 2. The van der Waals surface area contributed by atoms with Gasteiger partial charge in [0.05, 0.1) is 37.4 Å². The van der Waals surface area contributed by atoms with Crippen LogP contribution in [0, 0.1) is 0 Å². The normalized spacial score (nSPS) is 12.5. The number of carbonyl (C=O) groups is 2. The number of halogens is 10. The second-order valence-electron chi connectivity index (χ2n) is 16.0. The highest BCUT2D eigenvalue weighted by Crippen LogP contribution is 2.29. The molecule has 0 amide bonds. The third-order valence-corrected chi connectivity index (χ3v) is 12.0. The minimum absolute atomic E-state index is 0.0228. The largest absolute Gasteiger partial charge is 0.468 e. The molecule has 0 aliphatic rings. The minimum Gasteiger partial charge on any atom is -0.468 e. The van der Waals surface area contributed by atoms with Crippen molar-refractivity contribution in [3.8, 4) is 45.6 Å². The van der Waals surface area contributed by atoms with Crippen molar-refractivity contribution in [1.82, 2.24) is 58.2 Å². The number of alkyl halides is 6. The van der Waals surface area contributed by atoms with Gasteiger partial charge in [-0.3, -0.25) is 18.7 Å². The van der Waals surface area contributed by atoms with E-state index < -0.39 is 61.0 Å². The Labute approximate surface area is 443 Å². The monoisotopic (exact) mass is 1140 g/mol. The first-order valence-electron chi connectivity index (χ1n) is 21.8. The number of aliphatic hydroxyl groups is 2. The molecular weight excluding hydrogens is 1100 g/mol. The van der Waals surface area contributed by atoms with Crippen LogP contribution in [0.1, 0.15) is 11.6 Å². The molecule has 0 saturated carbocycles. The zero-order valence-corrected chi connectivity index (χ0v) is 42.1. The maximum Gasteiger partial charge on any atom is 0.416 e. The van der Waals surface area contributed by atoms with Crippen molar-refractivity contribution in [2.24, 2.45) is 0 Å². The number of aromatic nitrogens is 12. The molecule has 0 spiro atoms. The Kier molecular flexibility index (Phi) is 17.6. The Bertz CT molecular complexity index is 3480. The van der Waals surface area contributed by atoms with E-state index in [2.05, 4.69) is 30.4 Å². The molecule has 0 fully saturated rings. The van der Waals surface area contributed by atoms with Gasteiger partial charge in [0, 0.05) is 32.3 Å². The van der Waals surface area contributed by atoms with Crippen molar-refractivity contribution in [3.63, 3.8) is 0 Å². The fraction of sp³-hybridized carbons (Fsp3) is 0.261. The number of rotatable bonds is 16. The highest BCUT2D eigenvalue weighted by atomic mass is 35.5. The van der Waals surface area contributed by atoms with E-state index >= 15 is 0 Å². The third kappa shape index (κ3) is 13.4. The maximum absolute atomic E-state index is 13.2. The number of aliphatic hydroxyl groups excluding tert-OH is 2. The topological polar surface area (TPSA) is 234 Å². The summed E-state index contributed by atoms with van der Waals surface area (Å²) in [5.74, 6) is -1.10. The molecule has 4 aromatic carbocycles. The Hall–Kier alpha value is -7.36. The summed E-state index contributed by atoms with van der Waals surface area (Å²) in [6.45, 7) is -3.60. The number of hydrogen-bond donors (Lipinski definition) is 2. The van der Waals surface area contributed by atoms with Gasteiger partial charge >= 0.3 is 35.7 Å². The molecule has 400 valence electrons. The lowest BCUT2D eigenvalue weighted by atomic mass is 10.2.